The second kappa shape index (κ2) is 5.16. The SMILES string of the molecule is CC(C)(C)c1[nH]ncc1C(=O)NC1CCC(=O)NC1(C)C. The molecule has 0 radical (unpaired) electrons. The summed E-state index contributed by atoms with van der Waals surface area (Å²) < 4.78 is 0. The zero-order valence-corrected chi connectivity index (χ0v) is 13.3. The fourth-order valence-corrected chi connectivity index (χ4v) is 2.66. The molecular weight excluding hydrogens is 268 g/mol. The van der Waals surface area contributed by atoms with Crippen LogP contribution in [0, 0.1) is 0 Å². The fraction of sp³-hybridized carbons (Fsp3) is 0.667. The van der Waals surface area contributed by atoms with Gasteiger partial charge in [-0.05, 0) is 20.3 Å². The standard InChI is InChI=1S/C15H24N4O2/c1-14(2,3)12-9(8-16-19-12)13(21)17-10-6-7-11(20)18-15(10,4)5/h8,10H,6-7H2,1-5H3,(H,16,19)(H,17,21)(H,18,20). The molecule has 1 aliphatic rings. The number of H-pyrrole nitrogens is 1. The number of hydrogen-bond donors (Lipinski definition) is 3. The predicted octanol–water partition coefficient (Wildman–Crippen LogP) is 1.49. The Balaban J connectivity index is 2.16. The number of nitrogens with one attached hydrogen (secondary N) is 3. The summed E-state index contributed by atoms with van der Waals surface area (Å²) in [6.45, 7) is 9.94. The first-order chi connectivity index (χ1) is 9.61. The van der Waals surface area contributed by atoms with Gasteiger partial charge in [-0.2, -0.15) is 5.10 Å². The van der Waals surface area contributed by atoms with E-state index in [9.17, 15) is 9.59 Å². The quantitative estimate of drug-likeness (QED) is 0.772. The Bertz CT molecular complexity index is 554. The molecule has 1 saturated heterocycles. The first kappa shape index (κ1) is 15.5. The Labute approximate surface area is 125 Å². The maximum Gasteiger partial charge on any atom is 0.255 e. The third-order valence-electron chi connectivity index (χ3n) is 3.93. The summed E-state index contributed by atoms with van der Waals surface area (Å²) in [6, 6.07) is -0.0922. The zero-order chi connectivity index (χ0) is 15.8. The number of amides is 2. The largest absolute Gasteiger partial charge is 0.349 e. The maximum atomic E-state index is 12.5. The summed E-state index contributed by atoms with van der Waals surface area (Å²) in [5.74, 6) is -0.118. The lowest BCUT2D eigenvalue weighted by Crippen LogP contribution is -2.62. The highest BCUT2D eigenvalue weighted by Crippen LogP contribution is 2.25. The molecule has 6 nitrogen and oxygen atoms in total. The molecule has 21 heavy (non-hydrogen) atoms. The zero-order valence-electron chi connectivity index (χ0n) is 13.3. The summed E-state index contributed by atoms with van der Waals surface area (Å²) in [5, 5.41) is 12.9. The van der Waals surface area contributed by atoms with Crippen molar-refractivity contribution >= 4 is 11.8 Å². The Kier molecular flexibility index (Phi) is 3.82. The molecular formula is C15H24N4O2. The highest BCUT2D eigenvalue weighted by atomic mass is 16.2. The van der Waals surface area contributed by atoms with Crippen molar-refractivity contribution in [3.05, 3.63) is 17.5 Å². The molecule has 1 aliphatic heterocycles. The maximum absolute atomic E-state index is 12.5. The van der Waals surface area contributed by atoms with Gasteiger partial charge in [0.2, 0.25) is 5.91 Å². The van der Waals surface area contributed by atoms with Crippen molar-refractivity contribution in [3.8, 4) is 0 Å². The van der Waals surface area contributed by atoms with Gasteiger partial charge in [0.05, 0.1) is 29.0 Å². The van der Waals surface area contributed by atoms with Crippen molar-refractivity contribution in [2.45, 2.75) is 64.5 Å². The summed E-state index contributed by atoms with van der Waals surface area (Å²) in [6.07, 6.45) is 2.64. The van der Waals surface area contributed by atoms with Gasteiger partial charge >= 0.3 is 0 Å². The molecule has 2 rings (SSSR count). The number of aromatic amines is 1. The van der Waals surface area contributed by atoms with Crippen LogP contribution in [0.3, 0.4) is 0 Å². The smallest absolute Gasteiger partial charge is 0.255 e. The second-order valence-electron chi connectivity index (χ2n) is 7.24. The lowest BCUT2D eigenvalue weighted by atomic mass is 9.86. The minimum atomic E-state index is -0.448. The van der Waals surface area contributed by atoms with Crippen molar-refractivity contribution < 1.29 is 9.59 Å². The van der Waals surface area contributed by atoms with E-state index in [1.165, 1.54) is 0 Å². The van der Waals surface area contributed by atoms with Crippen LogP contribution < -0.4 is 10.6 Å². The van der Waals surface area contributed by atoms with E-state index in [0.717, 1.165) is 5.69 Å². The highest BCUT2D eigenvalue weighted by Gasteiger charge is 2.37. The minimum Gasteiger partial charge on any atom is -0.349 e. The van der Waals surface area contributed by atoms with Crippen LogP contribution in [-0.2, 0) is 10.2 Å². The summed E-state index contributed by atoms with van der Waals surface area (Å²) >= 11 is 0. The number of aromatic nitrogens is 2. The third kappa shape index (κ3) is 3.25. The van der Waals surface area contributed by atoms with E-state index in [-0.39, 0.29) is 23.3 Å². The van der Waals surface area contributed by atoms with Crippen molar-refractivity contribution in [1.82, 2.24) is 20.8 Å². The normalized spacial score (nSPS) is 21.8. The molecule has 3 N–H and O–H groups in total. The van der Waals surface area contributed by atoms with Gasteiger partial charge < -0.3 is 10.6 Å². The molecule has 0 bridgehead atoms. The van der Waals surface area contributed by atoms with Gasteiger partial charge in [-0.25, -0.2) is 0 Å². The lowest BCUT2D eigenvalue weighted by molar-refractivity contribution is -0.125. The van der Waals surface area contributed by atoms with Crippen molar-refractivity contribution in [1.29, 1.82) is 0 Å². The van der Waals surface area contributed by atoms with Crippen molar-refractivity contribution in [3.63, 3.8) is 0 Å². The molecule has 0 spiro atoms. The average Bonchev–Trinajstić information content (AvgIpc) is 2.80. The van der Waals surface area contributed by atoms with Gasteiger partial charge in [-0.1, -0.05) is 20.8 Å². The summed E-state index contributed by atoms with van der Waals surface area (Å²) in [5.41, 5.74) is 0.753. The molecule has 2 amide bonds. The number of rotatable bonds is 2. The van der Waals surface area contributed by atoms with Gasteiger partial charge in [-0.3, -0.25) is 14.7 Å². The van der Waals surface area contributed by atoms with Gasteiger partial charge in [0, 0.05) is 11.8 Å². The number of carbonyl (C=O) groups excluding carboxylic acids is 2. The van der Waals surface area contributed by atoms with Crippen LogP contribution >= 0.6 is 0 Å². The van der Waals surface area contributed by atoms with Crippen LogP contribution in [0.4, 0.5) is 0 Å². The number of nitrogens with zero attached hydrogens (tertiary/aromatic N) is 1. The highest BCUT2D eigenvalue weighted by molar-refractivity contribution is 5.95. The predicted molar refractivity (Wildman–Crippen MR) is 80.0 cm³/mol. The second-order valence-corrected chi connectivity index (χ2v) is 7.24. The van der Waals surface area contributed by atoms with Crippen molar-refractivity contribution in [2.24, 2.45) is 0 Å². The van der Waals surface area contributed by atoms with E-state index in [4.69, 9.17) is 0 Å². The Morgan fingerprint density at radius 1 is 1.43 bits per heavy atom. The van der Waals surface area contributed by atoms with Gasteiger partial charge in [0.15, 0.2) is 0 Å². The van der Waals surface area contributed by atoms with E-state index in [1.807, 2.05) is 34.6 Å². The van der Waals surface area contributed by atoms with Crippen LogP contribution in [0.1, 0.15) is 63.5 Å². The summed E-state index contributed by atoms with van der Waals surface area (Å²) in [4.78, 5) is 24.0. The van der Waals surface area contributed by atoms with Gasteiger partial charge in [0.1, 0.15) is 0 Å². The molecule has 1 aromatic rings. The van der Waals surface area contributed by atoms with Gasteiger partial charge in [-0.15, -0.1) is 0 Å². The van der Waals surface area contributed by atoms with E-state index < -0.39 is 5.54 Å². The first-order valence-electron chi connectivity index (χ1n) is 7.27. The molecule has 2 heterocycles. The molecule has 1 aromatic heterocycles. The number of hydrogen-bond acceptors (Lipinski definition) is 3. The Morgan fingerprint density at radius 3 is 2.67 bits per heavy atom. The molecule has 1 unspecified atom stereocenters. The molecule has 1 fully saturated rings. The molecule has 0 aliphatic carbocycles. The molecule has 1 atom stereocenters. The minimum absolute atomic E-state index is 0.0317. The Hall–Kier alpha value is -1.85. The summed E-state index contributed by atoms with van der Waals surface area (Å²) in [7, 11) is 0. The third-order valence-corrected chi connectivity index (χ3v) is 3.93. The van der Waals surface area contributed by atoms with Crippen LogP contribution in [0.25, 0.3) is 0 Å². The Morgan fingerprint density at radius 2 is 2.10 bits per heavy atom. The van der Waals surface area contributed by atoms with E-state index in [0.29, 0.717) is 18.4 Å². The van der Waals surface area contributed by atoms with E-state index in [1.54, 1.807) is 6.20 Å². The van der Waals surface area contributed by atoms with Gasteiger partial charge in [0.25, 0.3) is 5.91 Å². The molecule has 0 aromatic carbocycles. The van der Waals surface area contributed by atoms with Crippen LogP contribution in [0.5, 0.6) is 0 Å². The first-order valence-corrected chi connectivity index (χ1v) is 7.27. The van der Waals surface area contributed by atoms with Crippen LogP contribution in [-0.4, -0.2) is 33.6 Å². The molecule has 6 heteroatoms. The number of piperidine rings is 1. The fourth-order valence-electron chi connectivity index (χ4n) is 2.66. The topological polar surface area (TPSA) is 86.9 Å². The average molecular weight is 292 g/mol. The van der Waals surface area contributed by atoms with E-state index in [2.05, 4.69) is 20.8 Å². The van der Waals surface area contributed by atoms with E-state index >= 15 is 0 Å². The van der Waals surface area contributed by atoms with Crippen LogP contribution in [0.2, 0.25) is 0 Å². The molecule has 0 saturated carbocycles. The van der Waals surface area contributed by atoms with Crippen molar-refractivity contribution in [2.75, 3.05) is 0 Å². The molecule has 116 valence electrons. The lowest BCUT2D eigenvalue weighted by Gasteiger charge is -2.39. The monoisotopic (exact) mass is 292 g/mol. The van der Waals surface area contributed by atoms with Crippen LogP contribution in [0.15, 0.2) is 6.20 Å². The number of carbonyl (C=O) groups is 2.